The summed E-state index contributed by atoms with van der Waals surface area (Å²) in [6.45, 7) is 1.13. The molecule has 0 aliphatic heterocycles. The summed E-state index contributed by atoms with van der Waals surface area (Å²) in [7, 11) is 1.80. The van der Waals surface area contributed by atoms with Gasteiger partial charge in [-0.15, -0.1) is 0 Å². The smallest absolute Gasteiger partial charge is 0.268 e. The van der Waals surface area contributed by atoms with Gasteiger partial charge in [0.05, 0.1) is 5.56 Å². The molecule has 6 nitrogen and oxygen atoms in total. The number of carbonyl (C=O) groups is 2. The van der Waals surface area contributed by atoms with Gasteiger partial charge in [0.25, 0.3) is 11.8 Å². The number of nitrogens with one attached hydrogen (secondary N) is 3. The van der Waals surface area contributed by atoms with Crippen LogP contribution in [0, 0.1) is 0 Å². The number of carbonyl (C=O) groups excluding carboxylic acids is 2. The molecular weight excluding hydrogens is 244 g/mol. The zero-order valence-electron chi connectivity index (χ0n) is 10.6. The van der Waals surface area contributed by atoms with E-state index in [0.29, 0.717) is 18.5 Å². The van der Waals surface area contributed by atoms with Crippen molar-refractivity contribution in [1.82, 2.24) is 15.6 Å². The fourth-order valence-corrected chi connectivity index (χ4v) is 1.96. The average Bonchev–Trinajstić information content (AvgIpc) is 2.78. The molecule has 19 heavy (non-hydrogen) atoms. The van der Waals surface area contributed by atoms with Gasteiger partial charge in [-0.2, -0.15) is 0 Å². The van der Waals surface area contributed by atoms with Crippen molar-refractivity contribution >= 4 is 22.7 Å². The number of rotatable bonds is 5. The summed E-state index contributed by atoms with van der Waals surface area (Å²) < 4.78 is 0. The lowest BCUT2D eigenvalue weighted by Crippen LogP contribution is -2.32. The molecule has 2 rings (SSSR count). The molecule has 1 aromatic carbocycles. The van der Waals surface area contributed by atoms with E-state index in [4.69, 9.17) is 5.73 Å². The Bertz CT molecular complexity index is 618. The maximum Gasteiger partial charge on any atom is 0.268 e. The normalized spacial score (nSPS) is 10.6. The number of amides is 2. The van der Waals surface area contributed by atoms with E-state index >= 15 is 0 Å². The Kier molecular flexibility index (Phi) is 3.82. The van der Waals surface area contributed by atoms with E-state index in [2.05, 4.69) is 15.6 Å². The number of hydrogen-bond acceptors (Lipinski definition) is 3. The molecule has 0 radical (unpaired) electrons. The standard InChI is InChI=1S/C13H16N4O2/c1-15-6-7-16-13(19)11-10(12(14)18)8-4-2-3-5-9(8)17-11/h2-5,15,17H,6-7H2,1H3,(H2,14,18)(H,16,19). The monoisotopic (exact) mass is 260 g/mol. The van der Waals surface area contributed by atoms with Gasteiger partial charge in [-0.25, -0.2) is 0 Å². The third kappa shape index (κ3) is 2.58. The molecular formula is C13H16N4O2. The van der Waals surface area contributed by atoms with E-state index in [-0.39, 0.29) is 17.2 Å². The number of aromatic amines is 1. The third-order valence-electron chi connectivity index (χ3n) is 2.84. The highest BCUT2D eigenvalue weighted by atomic mass is 16.2. The summed E-state index contributed by atoms with van der Waals surface area (Å²) in [5.41, 5.74) is 6.53. The quantitative estimate of drug-likeness (QED) is 0.578. The van der Waals surface area contributed by atoms with Crippen molar-refractivity contribution in [1.29, 1.82) is 0 Å². The predicted molar refractivity (Wildman–Crippen MR) is 73.1 cm³/mol. The Labute approximate surface area is 110 Å². The minimum Gasteiger partial charge on any atom is -0.366 e. The number of hydrogen-bond donors (Lipinski definition) is 4. The van der Waals surface area contributed by atoms with Crippen molar-refractivity contribution in [3.8, 4) is 0 Å². The summed E-state index contributed by atoms with van der Waals surface area (Å²) in [6, 6.07) is 7.18. The second-order valence-electron chi connectivity index (χ2n) is 4.14. The molecule has 0 saturated heterocycles. The lowest BCUT2D eigenvalue weighted by Gasteiger charge is -2.04. The molecule has 0 fully saturated rings. The second-order valence-corrected chi connectivity index (χ2v) is 4.14. The van der Waals surface area contributed by atoms with E-state index in [1.807, 2.05) is 6.07 Å². The number of para-hydroxylation sites is 1. The van der Waals surface area contributed by atoms with Crippen molar-refractivity contribution < 1.29 is 9.59 Å². The maximum atomic E-state index is 12.0. The number of benzene rings is 1. The zero-order chi connectivity index (χ0) is 13.8. The van der Waals surface area contributed by atoms with Crippen molar-refractivity contribution in [2.24, 2.45) is 5.73 Å². The Morgan fingerprint density at radius 3 is 2.68 bits per heavy atom. The van der Waals surface area contributed by atoms with Crippen molar-refractivity contribution in [3.63, 3.8) is 0 Å². The Morgan fingerprint density at radius 2 is 2.00 bits per heavy atom. The lowest BCUT2D eigenvalue weighted by molar-refractivity contribution is 0.0933. The van der Waals surface area contributed by atoms with Crippen LogP contribution in [0.2, 0.25) is 0 Å². The maximum absolute atomic E-state index is 12.0. The van der Waals surface area contributed by atoms with Gasteiger partial charge in [-0.3, -0.25) is 9.59 Å². The zero-order valence-corrected chi connectivity index (χ0v) is 10.6. The van der Waals surface area contributed by atoms with Crippen LogP contribution >= 0.6 is 0 Å². The summed E-state index contributed by atoms with van der Waals surface area (Å²) >= 11 is 0. The van der Waals surface area contributed by atoms with Gasteiger partial charge < -0.3 is 21.4 Å². The first kappa shape index (κ1) is 13.1. The number of H-pyrrole nitrogens is 1. The molecule has 1 aromatic heterocycles. The molecule has 0 saturated carbocycles. The highest BCUT2D eigenvalue weighted by molar-refractivity contribution is 6.14. The molecule has 2 aromatic rings. The molecule has 0 aliphatic rings. The van der Waals surface area contributed by atoms with Crippen molar-refractivity contribution in [3.05, 3.63) is 35.5 Å². The van der Waals surface area contributed by atoms with Crippen LogP contribution < -0.4 is 16.4 Å². The number of aromatic nitrogens is 1. The first-order valence-corrected chi connectivity index (χ1v) is 5.98. The van der Waals surface area contributed by atoms with Crippen LogP contribution in [-0.2, 0) is 0 Å². The van der Waals surface area contributed by atoms with Gasteiger partial charge in [-0.1, -0.05) is 18.2 Å². The fourth-order valence-electron chi connectivity index (χ4n) is 1.96. The van der Waals surface area contributed by atoms with Crippen LogP contribution in [0.15, 0.2) is 24.3 Å². The van der Waals surface area contributed by atoms with Crippen LogP contribution in [0.3, 0.4) is 0 Å². The number of primary amides is 1. The largest absolute Gasteiger partial charge is 0.366 e. The predicted octanol–water partition coefficient (Wildman–Crippen LogP) is 0.216. The van der Waals surface area contributed by atoms with Crippen molar-refractivity contribution in [2.75, 3.05) is 20.1 Å². The van der Waals surface area contributed by atoms with Gasteiger partial charge in [0.2, 0.25) is 0 Å². The molecule has 1 heterocycles. The van der Waals surface area contributed by atoms with Crippen LogP contribution in [0.25, 0.3) is 10.9 Å². The summed E-state index contributed by atoms with van der Waals surface area (Å²) in [4.78, 5) is 26.5. The van der Waals surface area contributed by atoms with Gasteiger partial charge in [0.1, 0.15) is 5.69 Å². The van der Waals surface area contributed by atoms with Gasteiger partial charge in [-0.05, 0) is 13.1 Å². The SMILES string of the molecule is CNCCNC(=O)c1[nH]c2ccccc2c1C(N)=O. The molecule has 0 aliphatic carbocycles. The van der Waals surface area contributed by atoms with E-state index in [1.54, 1.807) is 25.2 Å². The Hall–Kier alpha value is -2.34. The molecule has 6 heteroatoms. The molecule has 0 bridgehead atoms. The van der Waals surface area contributed by atoms with E-state index < -0.39 is 5.91 Å². The van der Waals surface area contributed by atoms with Gasteiger partial charge >= 0.3 is 0 Å². The molecule has 2 amide bonds. The summed E-state index contributed by atoms with van der Waals surface area (Å²) in [5, 5.41) is 6.30. The molecule has 0 spiro atoms. The molecule has 0 unspecified atom stereocenters. The van der Waals surface area contributed by atoms with Crippen LogP contribution in [0.5, 0.6) is 0 Å². The van der Waals surface area contributed by atoms with Crippen LogP contribution in [-0.4, -0.2) is 36.9 Å². The van der Waals surface area contributed by atoms with Crippen LogP contribution in [0.4, 0.5) is 0 Å². The second kappa shape index (κ2) is 5.53. The Balaban J connectivity index is 2.39. The Morgan fingerprint density at radius 1 is 1.26 bits per heavy atom. The minimum absolute atomic E-state index is 0.213. The number of likely N-dealkylation sites (N-methyl/N-ethyl adjacent to an activating group) is 1. The molecule has 0 atom stereocenters. The summed E-state index contributed by atoms with van der Waals surface area (Å²) in [5.74, 6) is -0.948. The van der Waals surface area contributed by atoms with E-state index in [1.165, 1.54) is 0 Å². The lowest BCUT2D eigenvalue weighted by atomic mass is 10.1. The number of nitrogens with two attached hydrogens (primary N) is 1. The fraction of sp³-hybridized carbons (Fsp3) is 0.231. The van der Waals surface area contributed by atoms with E-state index in [9.17, 15) is 9.59 Å². The molecule has 5 N–H and O–H groups in total. The average molecular weight is 260 g/mol. The highest BCUT2D eigenvalue weighted by Gasteiger charge is 2.20. The third-order valence-corrected chi connectivity index (χ3v) is 2.84. The molecule has 100 valence electrons. The topological polar surface area (TPSA) is 100 Å². The van der Waals surface area contributed by atoms with Gasteiger partial charge in [0.15, 0.2) is 0 Å². The number of fused-ring (bicyclic) bond motifs is 1. The van der Waals surface area contributed by atoms with Crippen molar-refractivity contribution in [2.45, 2.75) is 0 Å². The minimum atomic E-state index is -0.615. The summed E-state index contributed by atoms with van der Waals surface area (Å²) in [6.07, 6.45) is 0. The van der Waals surface area contributed by atoms with Gasteiger partial charge in [0, 0.05) is 24.0 Å². The first-order chi connectivity index (χ1) is 9.15. The van der Waals surface area contributed by atoms with E-state index in [0.717, 1.165) is 5.52 Å². The van der Waals surface area contributed by atoms with Crippen LogP contribution in [0.1, 0.15) is 20.8 Å². The first-order valence-electron chi connectivity index (χ1n) is 5.98. The highest BCUT2D eigenvalue weighted by Crippen LogP contribution is 2.21.